The van der Waals surface area contributed by atoms with Crippen LogP contribution in [0.25, 0.3) is 0 Å². The summed E-state index contributed by atoms with van der Waals surface area (Å²) in [5, 5.41) is 0. The van der Waals surface area contributed by atoms with E-state index in [2.05, 4.69) is 13.8 Å². The van der Waals surface area contributed by atoms with Crippen molar-refractivity contribution in [3.63, 3.8) is 0 Å². The summed E-state index contributed by atoms with van der Waals surface area (Å²) in [5.41, 5.74) is 0. The lowest BCUT2D eigenvalue weighted by molar-refractivity contribution is 0.422. The first-order chi connectivity index (χ1) is 9.18. The lowest BCUT2D eigenvalue weighted by Crippen LogP contribution is -1.91. The van der Waals surface area contributed by atoms with Gasteiger partial charge in [0.2, 0.25) is 0 Å². The van der Waals surface area contributed by atoms with Crippen LogP contribution in [-0.2, 0) is 13.2 Å². The Bertz CT molecular complexity index is 176. The van der Waals surface area contributed by atoms with Crippen LogP contribution in [0.1, 0.15) is 67.7 Å². The van der Waals surface area contributed by atoms with Crippen molar-refractivity contribution in [2.75, 3.05) is 18.5 Å². The standard InChI is InChI=1S/C9H23O3P3.2C2H6/c1-4-7-13-11-15(10,9-6-3)12-14-8-5-2;2*1-2/h13-14H,4-9H2,1-3H3;2*1-2H3. The molecule has 0 aromatic heterocycles. The Morgan fingerprint density at radius 2 is 1.16 bits per heavy atom. The molecule has 19 heavy (non-hydrogen) atoms. The fourth-order valence-electron chi connectivity index (χ4n) is 0.876. The molecule has 0 saturated heterocycles. The molecule has 0 bridgehead atoms. The fraction of sp³-hybridized carbons (Fsp3) is 1.00. The van der Waals surface area contributed by atoms with Crippen molar-refractivity contribution in [2.45, 2.75) is 67.7 Å². The van der Waals surface area contributed by atoms with E-state index in [0.29, 0.717) is 23.8 Å². The Kier molecular flexibility index (Phi) is 28.0. The predicted octanol–water partition coefficient (Wildman–Crippen LogP) is 6.68. The molecular formula is C13H35O3P3. The van der Waals surface area contributed by atoms with E-state index in [9.17, 15) is 4.57 Å². The van der Waals surface area contributed by atoms with Gasteiger partial charge in [-0.15, -0.1) is 0 Å². The summed E-state index contributed by atoms with van der Waals surface area (Å²) in [4.78, 5) is 0. The van der Waals surface area contributed by atoms with Gasteiger partial charge in [-0.25, -0.2) is 0 Å². The highest BCUT2D eigenvalue weighted by molar-refractivity contribution is 7.64. The first-order valence-corrected chi connectivity index (χ1v) is 11.6. The van der Waals surface area contributed by atoms with E-state index >= 15 is 0 Å². The molecule has 0 aromatic carbocycles. The largest absolute Gasteiger partial charge is 0.336 e. The molecule has 0 spiro atoms. The summed E-state index contributed by atoms with van der Waals surface area (Å²) in [5.74, 6) is 0. The van der Waals surface area contributed by atoms with Crippen molar-refractivity contribution in [2.24, 2.45) is 0 Å². The minimum Gasteiger partial charge on any atom is -0.289 e. The van der Waals surface area contributed by atoms with Crippen molar-refractivity contribution in [3.05, 3.63) is 0 Å². The predicted molar refractivity (Wildman–Crippen MR) is 94.6 cm³/mol. The van der Waals surface area contributed by atoms with Crippen molar-refractivity contribution in [1.82, 2.24) is 0 Å². The van der Waals surface area contributed by atoms with Gasteiger partial charge in [-0.3, -0.25) is 13.2 Å². The zero-order valence-electron chi connectivity index (χ0n) is 13.9. The molecule has 6 heteroatoms. The molecule has 0 aromatic rings. The average Bonchev–Trinajstić information content (AvgIpc) is 2.44. The molecule has 2 unspecified atom stereocenters. The molecule has 3 nitrogen and oxygen atoms in total. The Hall–Kier alpha value is 1.01. The molecule has 2 atom stereocenters. The molecule has 0 aliphatic carbocycles. The summed E-state index contributed by atoms with van der Waals surface area (Å²) in [6.07, 6.45) is 5.51. The zero-order valence-corrected chi connectivity index (χ0v) is 16.8. The fourth-order valence-corrected chi connectivity index (χ4v) is 5.35. The van der Waals surface area contributed by atoms with Gasteiger partial charge in [0.25, 0.3) is 0 Å². The van der Waals surface area contributed by atoms with Crippen LogP contribution in [0.15, 0.2) is 0 Å². The smallest absolute Gasteiger partial charge is 0.289 e. The SMILES string of the molecule is CC.CC.CCCPOP(=O)(CCC)OPCCC. The van der Waals surface area contributed by atoms with Crippen LogP contribution in [-0.4, -0.2) is 18.5 Å². The third kappa shape index (κ3) is 19.0. The Morgan fingerprint density at radius 3 is 1.42 bits per heavy atom. The molecule has 0 heterocycles. The van der Waals surface area contributed by atoms with Crippen LogP contribution in [0.4, 0.5) is 0 Å². The maximum atomic E-state index is 12.1. The van der Waals surface area contributed by atoms with E-state index in [1.165, 1.54) is 0 Å². The molecule has 0 aliphatic rings. The zero-order chi connectivity index (χ0) is 15.6. The Balaban J connectivity index is -0.000000579. The normalized spacial score (nSPS) is 13.8. The Morgan fingerprint density at radius 1 is 0.789 bits per heavy atom. The van der Waals surface area contributed by atoms with Gasteiger partial charge in [-0.1, -0.05) is 61.3 Å². The minimum absolute atomic E-state index is 0.322. The summed E-state index contributed by atoms with van der Waals surface area (Å²) in [6, 6.07) is 0. The number of hydrogen-bond acceptors (Lipinski definition) is 3. The number of hydrogen-bond donors (Lipinski definition) is 0. The minimum atomic E-state index is -2.75. The molecule has 0 radical (unpaired) electrons. The van der Waals surface area contributed by atoms with Gasteiger partial charge in [-0.2, -0.15) is 0 Å². The summed E-state index contributed by atoms with van der Waals surface area (Å²) >= 11 is 0. The topological polar surface area (TPSA) is 35.5 Å². The van der Waals surface area contributed by atoms with E-state index in [-0.39, 0.29) is 0 Å². The second-order valence-electron chi connectivity index (χ2n) is 3.31. The number of rotatable bonds is 10. The van der Waals surface area contributed by atoms with Crippen LogP contribution in [0.2, 0.25) is 0 Å². The van der Waals surface area contributed by atoms with Gasteiger partial charge in [0.1, 0.15) is 0 Å². The Labute approximate surface area is 125 Å². The lowest BCUT2D eigenvalue weighted by Gasteiger charge is -2.17. The molecule has 0 aliphatic heterocycles. The van der Waals surface area contributed by atoms with Crippen molar-refractivity contribution in [1.29, 1.82) is 0 Å². The van der Waals surface area contributed by atoms with Crippen molar-refractivity contribution >= 4 is 25.2 Å². The molecule has 0 fully saturated rings. The first kappa shape index (κ1) is 25.0. The molecule has 0 saturated carbocycles. The van der Waals surface area contributed by atoms with E-state index in [1.54, 1.807) is 0 Å². The molecule has 0 amide bonds. The van der Waals surface area contributed by atoms with Gasteiger partial charge in [0, 0.05) is 17.6 Å². The molecule has 0 N–H and O–H groups in total. The van der Waals surface area contributed by atoms with E-state index in [4.69, 9.17) is 8.62 Å². The van der Waals surface area contributed by atoms with E-state index in [1.807, 2.05) is 34.6 Å². The third-order valence-corrected chi connectivity index (χ3v) is 7.27. The van der Waals surface area contributed by atoms with Crippen LogP contribution in [0, 0.1) is 0 Å². The molecule has 120 valence electrons. The van der Waals surface area contributed by atoms with Crippen molar-refractivity contribution < 1.29 is 13.2 Å². The van der Waals surface area contributed by atoms with Crippen LogP contribution < -0.4 is 0 Å². The maximum absolute atomic E-state index is 12.1. The maximum Gasteiger partial charge on any atom is 0.336 e. The van der Waals surface area contributed by atoms with Crippen LogP contribution >= 0.6 is 25.2 Å². The van der Waals surface area contributed by atoms with Gasteiger partial charge in [-0.05, 0) is 18.7 Å². The van der Waals surface area contributed by atoms with Gasteiger partial charge in [0.15, 0.2) is 0 Å². The lowest BCUT2D eigenvalue weighted by atomic mass is 10.6. The third-order valence-electron chi connectivity index (χ3n) is 1.61. The monoisotopic (exact) mass is 332 g/mol. The quantitative estimate of drug-likeness (QED) is 0.330. The van der Waals surface area contributed by atoms with E-state index in [0.717, 1.165) is 31.6 Å². The van der Waals surface area contributed by atoms with Crippen molar-refractivity contribution in [3.8, 4) is 0 Å². The van der Waals surface area contributed by atoms with Gasteiger partial charge >= 0.3 is 7.60 Å². The first-order valence-electron chi connectivity index (χ1n) is 7.60. The molecule has 0 rings (SSSR count). The second kappa shape index (κ2) is 21.3. The second-order valence-corrected chi connectivity index (χ2v) is 8.01. The van der Waals surface area contributed by atoms with Gasteiger partial charge in [0.05, 0.1) is 6.16 Å². The summed E-state index contributed by atoms with van der Waals surface area (Å²) in [7, 11) is -2.11. The highest BCUT2D eigenvalue weighted by Crippen LogP contribution is 2.57. The van der Waals surface area contributed by atoms with E-state index < -0.39 is 7.60 Å². The highest BCUT2D eigenvalue weighted by atomic mass is 31.2. The highest BCUT2D eigenvalue weighted by Gasteiger charge is 2.22. The molecular weight excluding hydrogens is 297 g/mol. The summed E-state index contributed by atoms with van der Waals surface area (Å²) < 4.78 is 23.0. The average molecular weight is 332 g/mol. The van der Waals surface area contributed by atoms with Crippen LogP contribution in [0.3, 0.4) is 0 Å². The van der Waals surface area contributed by atoms with Gasteiger partial charge < -0.3 is 0 Å². The van der Waals surface area contributed by atoms with Crippen LogP contribution in [0.5, 0.6) is 0 Å². The summed E-state index contributed by atoms with van der Waals surface area (Å²) in [6.45, 7) is 14.2.